The summed E-state index contributed by atoms with van der Waals surface area (Å²) in [5.74, 6) is -0.0159. The van der Waals surface area contributed by atoms with Gasteiger partial charge in [0.15, 0.2) is 11.5 Å². The number of phosphoric ester groups is 1. The molecule has 5 aromatic rings. The number of likely N-dealkylation sites (N-methyl/N-ethyl adjacent to an activating group) is 2. The Morgan fingerprint density at radius 3 is 1.75 bits per heavy atom. The van der Waals surface area contributed by atoms with E-state index in [1.165, 1.54) is 15.9 Å². The van der Waals surface area contributed by atoms with Crippen LogP contribution in [0.5, 0.6) is 11.5 Å². The average Bonchev–Trinajstić information content (AvgIpc) is 3.64. The fraction of sp³-hybridized carbons (Fsp3) is 0.435. The van der Waals surface area contributed by atoms with E-state index in [0.29, 0.717) is 53.6 Å². The molecule has 3 fully saturated rings. The lowest BCUT2D eigenvalue weighted by Gasteiger charge is -2.37. The lowest BCUT2D eigenvalue weighted by Crippen LogP contribution is -2.49. The highest BCUT2D eigenvalue weighted by Crippen LogP contribution is 3.01. The largest absolute Gasteiger partial charge is 0.524 e. The first-order chi connectivity index (χ1) is 30.9. The van der Waals surface area contributed by atoms with Gasteiger partial charge in [-0.1, -0.05) is 29.8 Å². The van der Waals surface area contributed by atoms with Crippen LogP contribution in [-0.2, 0) is 25.5 Å². The number of anilines is 2. The van der Waals surface area contributed by atoms with Crippen molar-refractivity contribution in [1.82, 2.24) is 19.8 Å². The van der Waals surface area contributed by atoms with Gasteiger partial charge < -0.3 is 43.6 Å². The molecule has 5 atom stereocenters. The number of carbonyl (C=O) groups excluding carboxylic acids is 4. The number of H-pyrrole nitrogens is 2. The number of amides is 4. The number of phosphoric acid groups is 1. The third kappa shape index (κ3) is 6.57. The van der Waals surface area contributed by atoms with E-state index in [-0.39, 0.29) is 73.2 Å². The van der Waals surface area contributed by atoms with E-state index in [2.05, 4.69) is 9.97 Å². The van der Waals surface area contributed by atoms with Gasteiger partial charge in [-0.3, -0.25) is 19.4 Å². The van der Waals surface area contributed by atoms with Crippen LogP contribution in [0.15, 0.2) is 48.8 Å². The Hall–Kier alpha value is -5.25. The lowest BCUT2D eigenvalue weighted by molar-refractivity contribution is -0.134. The van der Waals surface area contributed by atoms with Crippen LogP contribution in [0.4, 0.5) is 21.0 Å². The Bertz CT molecular complexity index is 2920. The van der Waals surface area contributed by atoms with Crippen LogP contribution in [0, 0.1) is 37.0 Å². The highest BCUT2D eigenvalue weighted by molar-refractivity contribution is 7.46. The molecular formula is C46H49Cl2N6O10P. The van der Waals surface area contributed by atoms with Gasteiger partial charge in [0.2, 0.25) is 11.8 Å². The molecule has 0 saturated heterocycles. The van der Waals surface area contributed by atoms with Crippen LogP contribution in [0.25, 0.3) is 21.8 Å². The molecule has 4 amide bonds. The summed E-state index contributed by atoms with van der Waals surface area (Å²) in [5, 5.41) is 1.54. The third-order valence-electron chi connectivity index (χ3n) is 14.8. The minimum absolute atomic E-state index is 0.0647. The van der Waals surface area contributed by atoms with Gasteiger partial charge >= 0.3 is 20.0 Å². The van der Waals surface area contributed by atoms with Gasteiger partial charge in [-0.25, -0.2) is 14.2 Å². The number of carbonyl (C=O) groups is 4. The van der Waals surface area contributed by atoms with Crippen LogP contribution in [0.2, 0.25) is 0 Å². The molecule has 0 radical (unpaired) electrons. The number of halogens is 2. The molecule has 3 saturated carbocycles. The quantitative estimate of drug-likeness (QED) is 0.0704. The smallest absolute Gasteiger partial charge is 0.445 e. The highest BCUT2D eigenvalue weighted by atomic mass is 35.5. The molecule has 1 spiro atoms. The van der Waals surface area contributed by atoms with E-state index in [9.17, 15) is 33.5 Å². The molecular weight excluding hydrogens is 898 g/mol. The first-order valence-electron chi connectivity index (χ1n) is 21.5. The maximum absolute atomic E-state index is 15.0. The summed E-state index contributed by atoms with van der Waals surface area (Å²) < 4.78 is 28.7. The molecule has 10 rings (SSSR count). The van der Waals surface area contributed by atoms with Crippen molar-refractivity contribution in [3.05, 3.63) is 82.2 Å². The molecule has 2 aliphatic heterocycles. The predicted molar refractivity (Wildman–Crippen MR) is 244 cm³/mol. The molecule has 3 aromatic carbocycles. The second-order valence-corrected chi connectivity index (χ2v) is 20.5. The number of aromatic nitrogens is 2. The summed E-state index contributed by atoms with van der Waals surface area (Å²) in [7, 11) is -1.77. The van der Waals surface area contributed by atoms with Gasteiger partial charge in [0.1, 0.15) is 6.61 Å². The topological polar surface area (TPSA) is 198 Å². The van der Waals surface area contributed by atoms with Crippen molar-refractivity contribution in [3.63, 3.8) is 0 Å². The molecule has 16 nitrogen and oxygen atoms in total. The van der Waals surface area contributed by atoms with Crippen LogP contribution in [0.3, 0.4) is 0 Å². The third-order valence-corrected chi connectivity index (χ3v) is 16.0. The van der Waals surface area contributed by atoms with Crippen LogP contribution in [-0.4, -0.2) is 106 Å². The van der Waals surface area contributed by atoms with Gasteiger partial charge in [-0.15, -0.1) is 23.2 Å². The number of rotatable bonds is 12. The fourth-order valence-corrected chi connectivity index (χ4v) is 12.3. The van der Waals surface area contributed by atoms with Crippen molar-refractivity contribution in [3.8, 4) is 11.5 Å². The number of benzene rings is 3. The highest BCUT2D eigenvalue weighted by Gasteiger charge is 3.01. The Labute approximate surface area is 384 Å². The average molecular weight is 948 g/mol. The van der Waals surface area contributed by atoms with Gasteiger partial charge in [-0.05, 0) is 67.9 Å². The maximum Gasteiger partial charge on any atom is 0.524 e. The normalized spacial score (nSPS) is 24.5. The molecule has 2 aromatic heterocycles. The van der Waals surface area contributed by atoms with Gasteiger partial charge in [-0.2, -0.15) is 0 Å². The van der Waals surface area contributed by atoms with Crippen LogP contribution < -0.4 is 19.1 Å². The van der Waals surface area contributed by atoms with Crippen molar-refractivity contribution >= 4 is 88.2 Å². The standard InChI is InChI=1S/C46H49Cl2N6O10P/c1-24-6-8-27(9-7-24)20-62-42(57)51(4)10-11-52(5)43(58)63-32-12-30-36(34-25(2)16-49-38(32)34)28(14-47)18-53(30)40(55)44-21-45(23-46(44,45)22-44)41(56)54-19-29(15-48)37-31(54)13-33(64-65(59,60)61)39-35(37)26(3)17-50-39/h6-9,12-13,16-17,28-29,49-50H,10-11,14-15,18-23H2,1-5H3,(H2,59,60,61). The van der Waals surface area contributed by atoms with Gasteiger partial charge in [0.25, 0.3) is 0 Å². The maximum atomic E-state index is 15.0. The number of alkyl halides is 2. The second kappa shape index (κ2) is 15.1. The summed E-state index contributed by atoms with van der Waals surface area (Å²) in [5.41, 5.74) is 5.51. The fourth-order valence-electron chi connectivity index (χ4n) is 11.4. The molecule has 4 heterocycles. The number of hydrogen-bond donors (Lipinski definition) is 4. The molecule has 3 aliphatic carbocycles. The van der Waals surface area contributed by atoms with Crippen molar-refractivity contribution in [1.29, 1.82) is 0 Å². The molecule has 19 heteroatoms. The van der Waals surface area contributed by atoms with Crippen LogP contribution >= 0.6 is 31.0 Å². The summed E-state index contributed by atoms with van der Waals surface area (Å²) in [4.78, 5) is 88.2. The minimum Gasteiger partial charge on any atom is -0.445 e. The number of aromatic amines is 2. The lowest BCUT2D eigenvalue weighted by atomic mass is 9.72. The molecule has 4 N–H and O–H groups in total. The van der Waals surface area contributed by atoms with E-state index >= 15 is 0 Å². The summed E-state index contributed by atoms with van der Waals surface area (Å²) in [6.07, 6.45) is 3.84. The molecule has 65 heavy (non-hydrogen) atoms. The zero-order chi connectivity index (χ0) is 46.1. The number of ether oxygens (including phenoxy) is 2. The molecule has 5 aliphatic rings. The first-order valence-corrected chi connectivity index (χ1v) is 24.1. The van der Waals surface area contributed by atoms with Crippen molar-refractivity contribution in [2.75, 3.05) is 61.8 Å². The number of nitrogens with zero attached hydrogens (tertiary/aromatic N) is 4. The number of aryl methyl sites for hydroxylation is 3. The van der Waals surface area contributed by atoms with Crippen LogP contribution in [0.1, 0.15) is 64.5 Å². The Balaban J connectivity index is 0.867. The zero-order valence-corrected chi connectivity index (χ0v) is 38.9. The Kier molecular flexibility index (Phi) is 10.2. The monoisotopic (exact) mass is 946 g/mol. The first kappa shape index (κ1) is 43.6. The van der Waals surface area contributed by atoms with Crippen molar-refractivity contribution in [2.24, 2.45) is 16.2 Å². The summed E-state index contributed by atoms with van der Waals surface area (Å²) in [6, 6.07) is 10.9. The number of hydrogen-bond acceptors (Lipinski definition) is 8. The van der Waals surface area contributed by atoms with E-state index in [0.717, 1.165) is 38.8 Å². The van der Waals surface area contributed by atoms with E-state index in [1.54, 1.807) is 36.2 Å². The molecule has 5 unspecified atom stereocenters. The summed E-state index contributed by atoms with van der Waals surface area (Å²) >= 11 is 13.2. The predicted octanol–water partition coefficient (Wildman–Crippen LogP) is 7.95. The van der Waals surface area contributed by atoms with Crippen molar-refractivity contribution in [2.45, 2.75) is 58.5 Å². The SMILES string of the molecule is Cc1ccc(COC(=O)N(C)CCN(C)C(=O)Oc2cc3c(c4c(C)c[nH]c24)C(CCl)CN3C(=O)C23CC4(C(=O)N5CC(CCl)c6c5cc(OP(=O)(O)O)c5[nH]cc(C)c65)CC24C3)cc1. The zero-order valence-electron chi connectivity index (χ0n) is 36.5. The molecule has 342 valence electrons. The second-order valence-electron chi connectivity index (χ2n) is 18.7. The Morgan fingerprint density at radius 2 is 1.26 bits per heavy atom. The van der Waals surface area contributed by atoms with Gasteiger partial charge in [0.05, 0.1) is 33.2 Å². The van der Waals surface area contributed by atoms with Crippen molar-refractivity contribution < 1.29 is 47.5 Å². The van der Waals surface area contributed by atoms with E-state index in [4.69, 9.17) is 37.2 Å². The molecule has 0 bridgehead atoms. The number of fused-ring (bicyclic) bond motifs is 6. The van der Waals surface area contributed by atoms with Gasteiger partial charge in [0, 0.05) is 105 Å². The number of nitrogens with one attached hydrogen (secondary N) is 2. The summed E-state index contributed by atoms with van der Waals surface area (Å²) in [6.45, 7) is 6.88. The Morgan fingerprint density at radius 1 is 0.769 bits per heavy atom. The minimum atomic E-state index is -4.95. The van der Waals surface area contributed by atoms with E-state index in [1.807, 2.05) is 51.2 Å². The van der Waals surface area contributed by atoms with E-state index < -0.39 is 36.3 Å².